The molecule has 0 aromatic heterocycles. The molecule has 0 saturated carbocycles. The molecule has 0 atom stereocenters. The van der Waals surface area contributed by atoms with Crippen LogP contribution < -0.4 is 0 Å². The van der Waals surface area contributed by atoms with E-state index in [0.717, 1.165) is 22.5 Å². The molecule has 3 rings (SSSR count). The predicted molar refractivity (Wildman–Crippen MR) is 96.9 cm³/mol. The number of halogens is 4. The van der Waals surface area contributed by atoms with E-state index >= 15 is 0 Å². The van der Waals surface area contributed by atoms with Gasteiger partial charge >= 0.3 is 6.18 Å². The van der Waals surface area contributed by atoms with Crippen LogP contribution in [0.3, 0.4) is 0 Å². The summed E-state index contributed by atoms with van der Waals surface area (Å²) in [5.74, 6) is -0.881. The number of hydrogen-bond donors (Lipinski definition) is 0. The summed E-state index contributed by atoms with van der Waals surface area (Å²) in [6.07, 6.45) is -4.97. The molecule has 0 aliphatic carbocycles. The van der Waals surface area contributed by atoms with Gasteiger partial charge in [0.15, 0.2) is 0 Å². The van der Waals surface area contributed by atoms with Crippen molar-refractivity contribution >= 4 is 15.9 Å². The zero-order chi connectivity index (χ0) is 21.2. The molecule has 2 aromatic carbocycles. The Kier molecular flexibility index (Phi) is 5.95. The van der Waals surface area contributed by atoms with Crippen molar-refractivity contribution in [3.05, 3.63) is 65.5 Å². The lowest BCUT2D eigenvalue weighted by molar-refractivity contribution is -0.139. The van der Waals surface area contributed by atoms with Crippen molar-refractivity contribution < 1.29 is 30.8 Å². The SMILES string of the molecule is O=C(Cc1ccccc1F)N1CCN(S(=O)(=O)c2ccccc2C(F)(F)F)CC1. The average Bonchev–Trinajstić information content (AvgIpc) is 2.69. The zero-order valence-corrected chi connectivity index (χ0v) is 16.0. The van der Waals surface area contributed by atoms with Gasteiger partial charge in [-0.3, -0.25) is 4.79 Å². The lowest BCUT2D eigenvalue weighted by Crippen LogP contribution is -2.51. The monoisotopic (exact) mass is 430 g/mol. The Morgan fingerprint density at radius 2 is 1.52 bits per heavy atom. The Hall–Kier alpha value is -2.46. The van der Waals surface area contributed by atoms with E-state index in [1.165, 1.54) is 29.2 Å². The van der Waals surface area contributed by atoms with Gasteiger partial charge in [0.2, 0.25) is 15.9 Å². The molecular formula is C19H18F4N2O3S. The van der Waals surface area contributed by atoms with Gasteiger partial charge in [-0.2, -0.15) is 17.5 Å². The van der Waals surface area contributed by atoms with E-state index < -0.39 is 32.5 Å². The van der Waals surface area contributed by atoms with Gasteiger partial charge in [0, 0.05) is 26.2 Å². The Morgan fingerprint density at radius 1 is 0.931 bits per heavy atom. The van der Waals surface area contributed by atoms with Gasteiger partial charge in [-0.15, -0.1) is 0 Å². The van der Waals surface area contributed by atoms with E-state index in [0.29, 0.717) is 0 Å². The largest absolute Gasteiger partial charge is 0.417 e. The smallest absolute Gasteiger partial charge is 0.340 e. The molecule has 10 heteroatoms. The summed E-state index contributed by atoms with van der Waals surface area (Å²) in [5.41, 5.74) is -0.996. The van der Waals surface area contributed by atoms with E-state index in [2.05, 4.69) is 0 Å². The summed E-state index contributed by atoms with van der Waals surface area (Å²) in [5, 5.41) is 0. The molecule has 1 fully saturated rings. The number of hydrogen-bond acceptors (Lipinski definition) is 3. The molecule has 0 unspecified atom stereocenters. The summed E-state index contributed by atoms with van der Waals surface area (Å²) < 4.78 is 79.7. The first-order valence-electron chi connectivity index (χ1n) is 8.78. The highest BCUT2D eigenvalue weighted by atomic mass is 32.2. The van der Waals surface area contributed by atoms with Gasteiger partial charge in [-0.05, 0) is 23.8 Å². The van der Waals surface area contributed by atoms with Crippen LogP contribution in [0.4, 0.5) is 17.6 Å². The van der Waals surface area contributed by atoms with Crippen molar-refractivity contribution in [2.75, 3.05) is 26.2 Å². The highest BCUT2D eigenvalue weighted by molar-refractivity contribution is 7.89. The molecule has 5 nitrogen and oxygen atoms in total. The summed E-state index contributed by atoms with van der Waals surface area (Å²) >= 11 is 0. The standard InChI is InChI=1S/C19H18F4N2O3S/c20-16-7-3-1-5-14(16)13-18(26)24-9-11-25(12-10-24)29(27,28)17-8-4-2-6-15(17)19(21,22)23/h1-8H,9-13H2. The minimum Gasteiger partial charge on any atom is -0.340 e. The number of carbonyl (C=O) groups excluding carboxylic acids is 1. The van der Waals surface area contributed by atoms with Gasteiger partial charge in [-0.25, -0.2) is 12.8 Å². The van der Waals surface area contributed by atoms with Crippen molar-refractivity contribution in [3.63, 3.8) is 0 Å². The molecule has 2 aromatic rings. The number of nitrogens with zero attached hydrogens (tertiary/aromatic N) is 2. The second-order valence-electron chi connectivity index (χ2n) is 6.55. The number of sulfonamides is 1. The molecule has 1 heterocycles. The maximum atomic E-state index is 13.7. The Morgan fingerprint density at radius 3 is 2.14 bits per heavy atom. The second kappa shape index (κ2) is 8.11. The molecule has 1 saturated heterocycles. The van der Waals surface area contributed by atoms with Crippen LogP contribution in [-0.2, 0) is 27.4 Å². The summed E-state index contributed by atoms with van der Waals surface area (Å²) in [6, 6.07) is 9.85. The number of benzene rings is 2. The fourth-order valence-electron chi connectivity index (χ4n) is 3.16. The van der Waals surface area contributed by atoms with Gasteiger partial charge in [-0.1, -0.05) is 30.3 Å². The molecule has 1 aliphatic rings. The summed E-state index contributed by atoms with van der Waals surface area (Å²) in [7, 11) is -4.38. The van der Waals surface area contributed by atoms with Crippen LogP contribution in [-0.4, -0.2) is 49.7 Å². The zero-order valence-electron chi connectivity index (χ0n) is 15.2. The van der Waals surface area contributed by atoms with Crippen LogP contribution in [0.1, 0.15) is 11.1 Å². The third kappa shape index (κ3) is 4.59. The van der Waals surface area contributed by atoms with Crippen LogP contribution in [0.2, 0.25) is 0 Å². The van der Waals surface area contributed by atoms with E-state index in [1.54, 1.807) is 6.07 Å². The second-order valence-corrected chi connectivity index (χ2v) is 8.45. The topological polar surface area (TPSA) is 57.7 Å². The lowest BCUT2D eigenvalue weighted by Gasteiger charge is -2.34. The van der Waals surface area contributed by atoms with E-state index in [9.17, 15) is 30.8 Å². The fraction of sp³-hybridized carbons (Fsp3) is 0.316. The first-order chi connectivity index (χ1) is 13.6. The first kappa shape index (κ1) is 21.3. The molecule has 156 valence electrons. The van der Waals surface area contributed by atoms with E-state index in [4.69, 9.17) is 0 Å². The number of rotatable bonds is 4. The number of piperazine rings is 1. The van der Waals surface area contributed by atoms with Gasteiger partial charge in [0.05, 0.1) is 16.9 Å². The molecule has 0 N–H and O–H groups in total. The van der Waals surface area contributed by atoms with Crippen molar-refractivity contribution in [1.29, 1.82) is 0 Å². The highest BCUT2D eigenvalue weighted by Gasteiger charge is 2.39. The normalized spacial score (nSPS) is 16.1. The Labute approximate surface area is 165 Å². The fourth-order valence-corrected chi connectivity index (χ4v) is 4.79. The Balaban J connectivity index is 1.71. The average molecular weight is 430 g/mol. The quantitative estimate of drug-likeness (QED) is 0.701. The van der Waals surface area contributed by atoms with Crippen molar-refractivity contribution in [1.82, 2.24) is 9.21 Å². The highest BCUT2D eigenvalue weighted by Crippen LogP contribution is 2.35. The van der Waals surface area contributed by atoms with Crippen molar-refractivity contribution in [2.24, 2.45) is 0 Å². The maximum Gasteiger partial charge on any atom is 0.417 e. The van der Waals surface area contributed by atoms with Gasteiger partial charge in [0.25, 0.3) is 0 Å². The Bertz CT molecular complexity index is 1000. The number of amides is 1. The molecule has 0 radical (unpaired) electrons. The number of alkyl halides is 3. The van der Waals surface area contributed by atoms with E-state index in [1.807, 2.05) is 0 Å². The minimum absolute atomic E-state index is 0.0146. The lowest BCUT2D eigenvalue weighted by atomic mass is 10.1. The molecule has 0 bridgehead atoms. The third-order valence-corrected chi connectivity index (χ3v) is 6.66. The molecule has 29 heavy (non-hydrogen) atoms. The predicted octanol–water partition coefficient (Wildman–Crippen LogP) is 2.92. The van der Waals surface area contributed by atoms with Crippen LogP contribution in [0.15, 0.2) is 53.4 Å². The van der Waals surface area contributed by atoms with Gasteiger partial charge < -0.3 is 4.90 Å². The van der Waals surface area contributed by atoms with Crippen molar-refractivity contribution in [3.8, 4) is 0 Å². The van der Waals surface area contributed by atoms with Crippen LogP contribution in [0.5, 0.6) is 0 Å². The summed E-state index contributed by atoms with van der Waals surface area (Å²) in [6.45, 7) is -0.253. The molecular weight excluding hydrogens is 412 g/mol. The van der Waals surface area contributed by atoms with Crippen LogP contribution in [0, 0.1) is 5.82 Å². The van der Waals surface area contributed by atoms with Crippen molar-refractivity contribution in [2.45, 2.75) is 17.5 Å². The van der Waals surface area contributed by atoms with E-state index in [-0.39, 0.29) is 44.1 Å². The maximum absolute atomic E-state index is 13.7. The van der Waals surface area contributed by atoms with Gasteiger partial charge in [0.1, 0.15) is 5.82 Å². The molecule has 1 aliphatic heterocycles. The number of carbonyl (C=O) groups is 1. The third-order valence-electron chi connectivity index (χ3n) is 4.70. The molecule has 0 spiro atoms. The van der Waals surface area contributed by atoms with Crippen LogP contribution in [0.25, 0.3) is 0 Å². The first-order valence-corrected chi connectivity index (χ1v) is 10.2. The summed E-state index contributed by atoms with van der Waals surface area (Å²) in [4.78, 5) is 13.0. The molecule has 1 amide bonds. The minimum atomic E-state index is -4.80. The van der Waals surface area contributed by atoms with Crippen LogP contribution >= 0.6 is 0 Å².